The Balaban J connectivity index is 0.00000144. The van der Waals surface area contributed by atoms with E-state index in [-0.39, 0.29) is 30.7 Å². The van der Waals surface area contributed by atoms with Crippen LogP contribution in [0.5, 0.6) is 0 Å². The van der Waals surface area contributed by atoms with Gasteiger partial charge in [0.25, 0.3) is 0 Å². The van der Waals surface area contributed by atoms with E-state index in [0.717, 1.165) is 5.56 Å². The average molecular weight is 201 g/mol. The van der Waals surface area contributed by atoms with Gasteiger partial charge in [-0.05, 0) is 17.7 Å². The minimum atomic E-state index is -0.310. The van der Waals surface area contributed by atoms with Gasteiger partial charge in [-0.15, -0.1) is 12.4 Å². The predicted molar refractivity (Wildman–Crippen MR) is 50.8 cm³/mol. The van der Waals surface area contributed by atoms with E-state index < -0.39 is 0 Å². The minimum absolute atomic E-state index is 0. The van der Waals surface area contributed by atoms with Crippen LogP contribution in [0.1, 0.15) is 18.0 Å². The lowest BCUT2D eigenvalue weighted by Crippen LogP contribution is -2.08. The summed E-state index contributed by atoms with van der Waals surface area (Å²) in [6.45, 7) is 0. The zero-order valence-electron chi connectivity index (χ0n) is 6.90. The third kappa shape index (κ3) is 3.41. The molecular weight excluding hydrogens is 191 g/mol. The van der Waals surface area contributed by atoms with Crippen LogP contribution in [0.3, 0.4) is 0 Å². The molecule has 0 heterocycles. The molecule has 0 bridgehead atoms. The first kappa shape index (κ1) is 11.9. The highest BCUT2D eigenvalue weighted by Crippen LogP contribution is 2.13. The summed E-state index contributed by atoms with van der Waals surface area (Å²) >= 11 is 0. The van der Waals surface area contributed by atoms with E-state index in [1.54, 1.807) is 12.1 Å². The maximum Gasteiger partial charge on any atom is 0.123 e. The molecule has 0 fully saturated rings. The number of nitrogens with two attached hydrogens (primary N) is 1. The Morgan fingerprint density at radius 2 is 1.92 bits per heavy atom. The molecule has 4 heteroatoms. The molecule has 1 atom stereocenters. The van der Waals surface area contributed by atoms with E-state index in [2.05, 4.69) is 0 Å². The molecule has 0 unspecified atom stereocenters. The van der Waals surface area contributed by atoms with Crippen molar-refractivity contribution < 1.29 is 4.39 Å². The van der Waals surface area contributed by atoms with Gasteiger partial charge >= 0.3 is 0 Å². The zero-order chi connectivity index (χ0) is 8.97. The van der Waals surface area contributed by atoms with Crippen molar-refractivity contribution in [1.82, 2.24) is 0 Å². The van der Waals surface area contributed by atoms with Crippen LogP contribution in [-0.2, 0) is 0 Å². The van der Waals surface area contributed by atoms with Crippen LogP contribution in [0.25, 0.3) is 0 Å². The fraction of sp³-hybridized carbons (Fsp3) is 0.222. The molecule has 0 saturated heterocycles. The summed E-state index contributed by atoms with van der Waals surface area (Å²) in [6.07, 6.45) is 0.256. The second kappa shape index (κ2) is 5.52. The standard InChI is InChI=1S/C9H9FN2.ClH/c10-8-3-1-7(2-4-8)9(12)5-6-11;/h1-4,9H,5,12H2;1H/t9-;/m0./s1. The lowest BCUT2D eigenvalue weighted by Gasteiger charge is -2.06. The van der Waals surface area contributed by atoms with Crippen molar-refractivity contribution in [3.8, 4) is 6.07 Å². The summed E-state index contributed by atoms with van der Waals surface area (Å²) in [7, 11) is 0. The first-order valence-corrected chi connectivity index (χ1v) is 3.62. The van der Waals surface area contributed by atoms with Crippen LogP contribution in [0, 0.1) is 17.1 Å². The SMILES string of the molecule is Cl.N#CC[C@H](N)c1ccc(F)cc1. The van der Waals surface area contributed by atoms with Crippen molar-refractivity contribution >= 4 is 12.4 Å². The van der Waals surface area contributed by atoms with Crippen LogP contribution in [-0.4, -0.2) is 0 Å². The van der Waals surface area contributed by atoms with Crippen molar-refractivity contribution in [1.29, 1.82) is 5.26 Å². The van der Waals surface area contributed by atoms with Crippen molar-refractivity contribution in [2.45, 2.75) is 12.5 Å². The number of hydrogen-bond donors (Lipinski definition) is 1. The highest BCUT2D eigenvalue weighted by molar-refractivity contribution is 5.85. The van der Waals surface area contributed by atoms with E-state index in [4.69, 9.17) is 11.0 Å². The van der Waals surface area contributed by atoms with Gasteiger partial charge in [-0.25, -0.2) is 4.39 Å². The van der Waals surface area contributed by atoms with Crippen LogP contribution >= 0.6 is 12.4 Å². The molecule has 0 amide bonds. The molecule has 0 spiro atoms. The number of hydrogen-bond acceptors (Lipinski definition) is 2. The molecule has 1 aromatic carbocycles. The lowest BCUT2D eigenvalue weighted by atomic mass is 10.1. The number of nitriles is 1. The molecule has 0 aliphatic rings. The predicted octanol–water partition coefficient (Wildman–Crippen LogP) is 2.16. The van der Waals surface area contributed by atoms with Crippen LogP contribution in [0.2, 0.25) is 0 Å². The molecule has 13 heavy (non-hydrogen) atoms. The third-order valence-corrected chi connectivity index (χ3v) is 1.61. The van der Waals surface area contributed by atoms with Crippen molar-refractivity contribution in [2.75, 3.05) is 0 Å². The molecule has 1 aromatic rings. The molecule has 0 aliphatic carbocycles. The van der Waals surface area contributed by atoms with Gasteiger partial charge in [0.2, 0.25) is 0 Å². The second-order valence-electron chi connectivity index (χ2n) is 2.52. The first-order chi connectivity index (χ1) is 5.74. The number of benzene rings is 1. The molecule has 2 nitrogen and oxygen atoms in total. The van der Waals surface area contributed by atoms with Crippen LogP contribution in [0.15, 0.2) is 24.3 Å². The Hall–Kier alpha value is -1.11. The van der Waals surface area contributed by atoms with Gasteiger partial charge in [-0.2, -0.15) is 5.26 Å². The van der Waals surface area contributed by atoms with E-state index in [0.29, 0.717) is 0 Å². The Morgan fingerprint density at radius 3 is 2.38 bits per heavy atom. The number of halogens is 2. The number of nitrogens with zero attached hydrogens (tertiary/aromatic N) is 1. The molecule has 2 N–H and O–H groups in total. The quantitative estimate of drug-likeness (QED) is 0.796. The third-order valence-electron chi connectivity index (χ3n) is 1.61. The van der Waals surface area contributed by atoms with Gasteiger partial charge in [-0.3, -0.25) is 0 Å². The smallest absolute Gasteiger partial charge is 0.123 e. The van der Waals surface area contributed by atoms with Gasteiger partial charge in [0.15, 0.2) is 0 Å². The van der Waals surface area contributed by atoms with Gasteiger partial charge in [-0.1, -0.05) is 12.1 Å². The monoisotopic (exact) mass is 200 g/mol. The molecule has 0 aliphatic heterocycles. The topological polar surface area (TPSA) is 49.8 Å². The maximum absolute atomic E-state index is 12.4. The van der Waals surface area contributed by atoms with Gasteiger partial charge in [0.1, 0.15) is 5.82 Å². The van der Waals surface area contributed by atoms with Gasteiger partial charge in [0, 0.05) is 6.04 Å². The summed E-state index contributed by atoms with van der Waals surface area (Å²) in [4.78, 5) is 0. The molecule has 0 aromatic heterocycles. The fourth-order valence-corrected chi connectivity index (χ4v) is 0.926. The molecule has 0 radical (unpaired) electrons. The summed E-state index contributed by atoms with van der Waals surface area (Å²) in [5.41, 5.74) is 6.40. The Kier molecular flexibility index (Phi) is 5.05. The fourth-order valence-electron chi connectivity index (χ4n) is 0.926. The van der Waals surface area contributed by atoms with Crippen LogP contribution < -0.4 is 5.73 Å². The Labute approximate surface area is 82.6 Å². The molecular formula is C9H10ClFN2. The lowest BCUT2D eigenvalue weighted by molar-refractivity contribution is 0.625. The molecule has 1 rings (SSSR count). The van der Waals surface area contributed by atoms with Gasteiger partial charge in [0.05, 0.1) is 12.5 Å². The summed E-state index contributed by atoms with van der Waals surface area (Å²) in [6, 6.07) is 7.52. The van der Waals surface area contributed by atoms with Gasteiger partial charge < -0.3 is 5.73 Å². The Bertz CT molecular complexity index is 291. The summed E-state index contributed by atoms with van der Waals surface area (Å²) < 4.78 is 12.4. The number of rotatable bonds is 2. The van der Waals surface area contributed by atoms with Crippen molar-refractivity contribution in [3.05, 3.63) is 35.6 Å². The van der Waals surface area contributed by atoms with Crippen molar-refractivity contribution in [3.63, 3.8) is 0 Å². The van der Waals surface area contributed by atoms with E-state index in [1.165, 1.54) is 12.1 Å². The van der Waals surface area contributed by atoms with E-state index >= 15 is 0 Å². The normalized spacial score (nSPS) is 11.2. The zero-order valence-corrected chi connectivity index (χ0v) is 7.72. The highest BCUT2D eigenvalue weighted by atomic mass is 35.5. The Morgan fingerprint density at radius 1 is 1.38 bits per heavy atom. The maximum atomic E-state index is 12.4. The minimum Gasteiger partial charge on any atom is -0.323 e. The largest absolute Gasteiger partial charge is 0.323 e. The highest BCUT2D eigenvalue weighted by Gasteiger charge is 2.03. The average Bonchev–Trinajstić information content (AvgIpc) is 2.06. The second-order valence-corrected chi connectivity index (χ2v) is 2.52. The van der Waals surface area contributed by atoms with Crippen LogP contribution in [0.4, 0.5) is 4.39 Å². The summed E-state index contributed by atoms with van der Waals surface area (Å²) in [5.74, 6) is -0.289. The summed E-state index contributed by atoms with van der Waals surface area (Å²) in [5, 5.41) is 8.35. The molecule has 70 valence electrons. The van der Waals surface area contributed by atoms with E-state index in [1.807, 2.05) is 6.07 Å². The van der Waals surface area contributed by atoms with Crippen molar-refractivity contribution in [2.24, 2.45) is 5.73 Å². The first-order valence-electron chi connectivity index (χ1n) is 3.62. The molecule has 0 saturated carbocycles. The van der Waals surface area contributed by atoms with E-state index in [9.17, 15) is 4.39 Å².